The summed E-state index contributed by atoms with van der Waals surface area (Å²) in [5.74, 6) is 0.000191. The first-order chi connectivity index (χ1) is 9.90. The molecule has 0 saturated heterocycles. The van der Waals surface area contributed by atoms with Gasteiger partial charge in [-0.3, -0.25) is 4.79 Å². The molecule has 0 aromatic heterocycles. The van der Waals surface area contributed by atoms with Crippen LogP contribution >= 0.6 is 0 Å². The predicted molar refractivity (Wildman–Crippen MR) is 87.7 cm³/mol. The number of nitrogens with one attached hydrogen (secondary N) is 1. The van der Waals surface area contributed by atoms with E-state index in [1.807, 2.05) is 50.2 Å². The van der Waals surface area contributed by atoms with Gasteiger partial charge in [-0.05, 0) is 31.0 Å². The summed E-state index contributed by atoms with van der Waals surface area (Å²) in [5, 5.41) is 3.07. The molecular weight excluding hydrogens is 258 g/mol. The summed E-state index contributed by atoms with van der Waals surface area (Å²) in [6.45, 7) is 8.88. The van der Waals surface area contributed by atoms with Gasteiger partial charge in [-0.15, -0.1) is 0 Å². The Labute approximate surface area is 127 Å². The van der Waals surface area contributed by atoms with Crippen molar-refractivity contribution in [2.45, 2.75) is 33.1 Å². The summed E-state index contributed by atoms with van der Waals surface area (Å²) in [6.07, 6.45) is 0. The Balaban J connectivity index is 2.09. The lowest BCUT2D eigenvalue weighted by Gasteiger charge is -2.25. The average Bonchev–Trinajstić information content (AvgIpc) is 2.48. The summed E-state index contributed by atoms with van der Waals surface area (Å²) in [5.41, 5.74) is 4.02. The molecule has 2 aromatic carbocycles. The third kappa shape index (κ3) is 3.72. The number of hydrogen-bond acceptors (Lipinski definition) is 1. The Morgan fingerprint density at radius 1 is 1.05 bits per heavy atom. The largest absolute Gasteiger partial charge is 0.351 e. The number of amides is 1. The maximum atomic E-state index is 12.4. The van der Waals surface area contributed by atoms with E-state index in [1.54, 1.807) is 0 Å². The lowest BCUT2D eigenvalue weighted by atomic mass is 9.84. The highest BCUT2D eigenvalue weighted by Gasteiger charge is 2.21. The SMILES string of the molecule is Cc1ccc(C)c(C(=O)NCC(C)(C)c2ccccc2)c1. The molecule has 0 heterocycles. The molecule has 110 valence electrons. The van der Waals surface area contributed by atoms with Crippen molar-refractivity contribution in [1.82, 2.24) is 5.32 Å². The Kier molecular flexibility index (Phi) is 4.46. The monoisotopic (exact) mass is 281 g/mol. The van der Waals surface area contributed by atoms with Crippen molar-refractivity contribution in [1.29, 1.82) is 0 Å². The first-order valence-electron chi connectivity index (χ1n) is 7.31. The van der Waals surface area contributed by atoms with Gasteiger partial charge in [0.15, 0.2) is 0 Å². The molecule has 1 amide bonds. The smallest absolute Gasteiger partial charge is 0.251 e. The van der Waals surface area contributed by atoms with Gasteiger partial charge in [0, 0.05) is 17.5 Å². The van der Waals surface area contributed by atoms with Crippen LogP contribution in [-0.2, 0) is 5.41 Å². The highest BCUT2D eigenvalue weighted by molar-refractivity contribution is 5.95. The molecule has 2 aromatic rings. The Hall–Kier alpha value is -2.09. The van der Waals surface area contributed by atoms with E-state index >= 15 is 0 Å². The summed E-state index contributed by atoms with van der Waals surface area (Å²) in [6, 6.07) is 16.2. The highest BCUT2D eigenvalue weighted by Crippen LogP contribution is 2.22. The van der Waals surface area contributed by atoms with Crippen LogP contribution < -0.4 is 5.32 Å². The van der Waals surface area contributed by atoms with Gasteiger partial charge in [0.1, 0.15) is 0 Å². The third-order valence-electron chi connectivity index (χ3n) is 3.88. The lowest BCUT2D eigenvalue weighted by molar-refractivity contribution is 0.0945. The molecule has 0 radical (unpaired) electrons. The molecular formula is C19H23NO. The second-order valence-corrected chi connectivity index (χ2v) is 6.25. The van der Waals surface area contributed by atoms with Crippen LogP contribution in [0.4, 0.5) is 0 Å². The summed E-state index contributed by atoms with van der Waals surface area (Å²) >= 11 is 0. The summed E-state index contributed by atoms with van der Waals surface area (Å²) in [4.78, 5) is 12.4. The van der Waals surface area contributed by atoms with Gasteiger partial charge in [0.25, 0.3) is 5.91 Å². The molecule has 0 aliphatic rings. The number of carbonyl (C=O) groups is 1. The molecule has 0 spiro atoms. The number of hydrogen-bond donors (Lipinski definition) is 1. The van der Waals surface area contributed by atoms with E-state index in [2.05, 4.69) is 31.3 Å². The van der Waals surface area contributed by atoms with Gasteiger partial charge in [-0.1, -0.05) is 61.9 Å². The molecule has 21 heavy (non-hydrogen) atoms. The molecule has 0 aliphatic heterocycles. The maximum absolute atomic E-state index is 12.4. The molecule has 1 N–H and O–H groups in total. The number of aryl methyl sites for hydroxylation is 2. The molecule has 0 unspecified atom stereocenters. The Morgan fingerprint density at radius 3 is 2.38 bits per heavy atom. The zero-order valence-corrected chi connectivity index (χ0v) is 13.2. The zero-order valence-electron chi connectivity index (χ0n) is 13.2. The van der Waals surface area contributed by atoms with Crippen LogP contribution in [0.3, 0.4) is 0 Å². The highest BCUT2D eigenvalue weighted by atomic mass is 16.1. The minimum Gasteiger partial charge on any atom is -0.351 e. The molecule has 0 fully saturated rings. The first-order valence-corrected chi connectivity index (χ1v) is 7.31. The minimum absolute atomic E-state index is 0.000191. The van der Waals surface area contributed by atoms with Crippen molar-refractivity contribution in [2.75, 3.05) is 6.54 Å². The van der Waals surface area contributed by atoms with Crippen molar-refractivity contribution >= 4 is 5.91 Å². The van der Waals surface area contributed by atoms with E-state index in [1.165, 1.54) is 5.56 Å². The van der Waals surface area contributed by atoms with Crippen LogP contribution in [0.2, 0.25) is 0 Å². The molecule has 0 saturated carbocycles. The van der Waals surface area contributed by atoms with Gasteiger partial charge in [-0.25, -0.2) is 0 Å². The topological polar surface area (TPSA) is 29.1 Å². The van der Waals surface area contributed by atoms with Crippen LogP contribution in [0.1, 0.15) is 40.9 Å². The van der Waals surface area contributed by atoms with E-state index in [4.69, 9.17) is 0 Å². The van der Waals surface area contributed by atoms with Crippen LogP contribution in [0, 0.1) is 13.8 Å². The summed E-state index contributed by atoms with van der Waals surface area (Å²) < 4.78 is 0. The average molecular weight is 281 g/mol. The van der Waals surface area contributed by atoms with E-state index in [9.17, 15) is 4.79 Å². The normalized spacial score (nSPS) is 11.2. The standard InChI is InChI=1S/C19H23NO/c1-14-10-11-15(2)17(12-14)18(21)20-13-19(3,4)16-8-6-5-7-9-16/h5-12H,13H2,1-4H3,(H,20,21). The van der Waals surface area contributed by atoms with Crippen LogP contribution in [0.5, 0.6) is 0 Å². The summed E-state index contributed by atoms with van der Waals surface area (Å²) in [7, 11) is 0. The molecule has 0 bridgehead atoms. The fraction of sp³-hybridized carbons (Fsp3) is 0.316. The van der Waals surface area contributed by atoms with Crippen molar-refractivity contribution in [3.8, 4) is 0 Å². The van der Waals surface area contributed by atoms with Gasteiger partial charge in [0.2, 0.25) is 0 Å². The van der Waals surface area contributed by atoms with Gasteiger partial charge in [0.05, 0.1) is 0 Å². The zero-order chi connectivity index (χ0) is 15.5. The Morgan fingerprint density at radius 2 is 1.71 bits per heavy atom. The van der Waals surface area contributed by atoms with Crippen molar-refractivity contribution in [3.63, 3.8) is 0 Å². The van der Waals surface area contributed by atoms with Crippen LogP contribution in [0.25, 0.3) is 0 Å². The lowest BCUT2D eigenvalue weighted by Crippen LogP contribution is -2.36. The third-order valence-corrected chi connectivity index (χ3v) is 3.88. The number of carbonyl (C=O) groups excluding carboxylic acids is 1. The molecule has 2 nitrogen and oxygen atoms in total. The van der Waals surface area contributed by atoms with Crippen molar-refractivity contribution in [3.05, 3.63) is 70.8 Å². The Bertz CT molecular complexity index is 629. The van der Waals surface area contributed by atoms with E-state index < -0.39 is 0 Å². The molecule has 2 heteroatoms. The van der Waals surface area contributed by atoms with E-state index in [0.717, 1.165) is 16.7 Å². The maximum Gasteiger partial charge on any atom is 0.251 e. The number of rotatable bonds is 4. The minimum atomic E-state index is -0.0886. The van der Waals surface area contributed by atoms with Crippen molar-refractivity contribution in [2.24, 2.45) is 0 Å². The second-order valence-electron chi connectivity index (χ2n) is 6.25. The van der Waals surface area contributed by atoms with Gasteiger partial charge < -0.3 is 5.32 Å². The van der Waals surface area contributed by atoms with Crippen LogP contribution in [0.15, 0.2) is 48.5 Å². The second kappa shape index (κ2) is 6.13. The number of benzene rings is 2. The molecule has 0 aliphatic carbocycles. The predicted octanol–water partition coefficient (Wildman–Crippen LogP) is 4.01. The molecule has 2 rings (SSSR count). The first kappa shape index (κ1) is 15.3. The van der Waals surface area contributed by atoms with Crippen LogP contribution in [-0.4, -0.2) is 12.5 Å². The van der Waals surface area contributed by atoms with Crippen molar-refractivity contribution < 1.29 is 4.79 Å². The van der Waals surface area contributed by atoms with Gasteiger partial charge in [-0.2, -0.15) is 0 Å². The fourth-order valence-electron chi connectivity index (χ4n) is 2.37. The fourth-order valence-corrected chi connectivity index (χ4v) is 2.37. The van der Waals surface area contributed by atoms with Gasteiger partial charge >= 0.3 is 0 Å². The molecule has 0 atom stereocenters. The van der Waals surface area contributed by atoms with E-state index in [-0.39, 0.29) is 11.3 Å². The van der Waals surface area contributed by atoms with E-state index in [0.29, 0.717) is 6.54 Å². The quantitative estimate of drug-likeness (QED) is 0.901.